The molecular formula is C27H25FN2O5S. The maximum Gasteiger partial charge on any atom is 0.338 e. The summed E-state index contributed by atoms with van der Waals surface area (Å²) >= 11 is 1.18. The van der Waals surface area contributed by atoms with Crippen molar-refractivity contribution in [1.82, 2.24) is 4.57 Å². The van der Waals surface area contributed by atoms with E-state index in [2.05, 4.69) is 4.99 Å². The van der Waals surface area contributed by atoms with Crippen LogP contribution < -0.4 is 14.9 Å². The fraction of sp³-hybridized carbons (Fsp3) is 0.259. The Morgan fingerprint density at radius 3 is 2.39 bits per heavy atom. The number of carbonyl (C=O) groups excluding carboxylic acids is 2. The maximum absolute atomic E-state index is 13.6. The lowest BCUT2D eigenvalue weighted by Crippen LogP contribution is -2.40. The number of esters is 2. The number of ether oxygens (including phenoxy) is 2. The Kier molecular flexibility index (Phi) is 7.30. The summed E-state index contributed by atoms with van der Waals surface area (Å²) < 4.78 is 25.5. The lowest BCUT2D eigenvalue weighted by molar-refractivity contribution is -0.140. The van der Waals surface area contributed by atoms with Crippen molar-refractivity contribution in [3.8, 4) is 0 Å². The van der Waals surface area contributed by atoms with Crippen molar-refractivity contribution in [2.75, 3.05) is 13.7 Å². The van der Waals surface area contributed by atoms with Crippen molar-refractivity contribution < 1.29 is 23.5 Å². The molecule has 4 rings (SSSR count). The number of nitrogens with zero attached hydrogens (tertiary/aromatic N) is 2. The van der Waals surface area contributed by atoms with E-state index in [1.165, 1.54) is 35.1 Å². The zero-order chi connectivity index (χ0) is 26.0. The molecule has 1 unspecified atom stereocenters. The second-order valence-electron chi connectivity index (χ2n) is 8.74. The Bertz CT molecular complexity index is 1520. The van der Waals surface area contributed by atoms with Crippen molar-refractivity contribution in [2.45, 2.75) is 26.8 Å². The molecule has 1 aromatic heterocycles. The van der Waals surface area contributed by atoms with Crippen LogP contribution in [0, 0.1) is 11.7 Å². The summed E-state index contributed by atoms with van der Waals surface area (Å²) in [6.07, 6.45) is 1.66. The van der Waals surface area contributed by atoms with Gasteiger partial charge in [-0.1, -0.05) is 49.4 Å². The quantitative estimate of drug-likeness (QED) is 0.477. The lowest BCUT2D eigenvalue weighted by atomic mass is 9.95. The highest BCUT2D eigenvalue weighted by atomic mass is 32.1. The van der Waals surface area contributed by atoms with Crippen LogP contribution in [-0.2, 0) is 14.3 Å². The fourth-order valence-corrected chi connectivity index (χ4v) is 4.89. The third-order valence-electron chi connectivity index (χ3n) is 5.60. The number of thiazole rings is 1. The molecule has 1 atom stereocenters. The van der Waals surface area contributed by atoms with E-state index >= 15 is 0 Å². The molecule has 1 aliphatic rings. The number of allylic oxidation sites excluding steroid dienone is 1. The Labute approximate surface area is 210 Å². The zero-order valence-electron chi connectivity index (χ0n) is 20.3. The van der Waals surface area contributed by atoms with Crippen LogP contribution in [0.1, 0.15) is 48.3 Å². The summed E-state index contributed by atoms with van der Waals surface area (Å²) in [6.45, 7) is 5.79. The van der Waals surface area contributed by atoms with Gasteiger partial charge in [-0.25, -0.2) is 19.0 Å². The number of halogens is 1. The van der Waals surface area contributed by atoms with Crippen LogP contribution >= 0.6 is 11.3 Å². The van der Waals surface area contributed by atoms with Gasteiger partial charge in [-0.2, -0.15) is 0 Å². The number of fused-ring (bicyclic) bond motifs is 1. The van der Waals surface area contributed by atoms with Crippen LogP contribution in [0.5, 0.6) is 0 Å². The molecule has 9 heteroatoms. The van der Waals surface area contributed by atoms with Gasteiger partial charge < -0.3 is 9.47 Å². The predicted molar refractivity (Wildman–Crippen MR) is 134 cm³/mol. The number of methoxy groups -OCH3 is 1. The second-order valence-corrected chi connectivity index (χ2v) is 9.75. The van der Waals surface area contributed by atoms with Gasteiger partial charge in [0.05, 0.1) is 41.1 Å². The molecule has 0 amide bonds. The van der Waals surface area contributed by atoms with Crippen molar-refractivity contribution in [3.63, 3.8) is 0 Å². The highest BCUT2D eigenvalue weighted by Crippen LogP contribution is 2.31. The predicted octanol–water partition coefficient (Wildman–Crippen LogP) is 3.36. The minimum atomic E-state index is -0.803. The fourth-order valence-electron chi connectivity index (χ4n) is 3.85. The first kappa shape index (κ1) is 25.2. The molecule has 0 saturated heterocycles. The molecule has 0 saturated carbocycles. The van der Waals surface area contributed by atoms with Gasteiger partial charge in [0.15, 0.2) is 4.80 Å². The summed E-state index contributed by atoms with van der Waals surface area (Å²) in [5.41, 5.74) is 1.97. The molecule has 7 nitrogen and oxygen atoms in total. The third-order valence-corrected chi connectivity index (χ3v) is 6.59. The molecule has 0 radical (unpaired) electrons. The number of hydrogen-bond acceptors (Lipinski definition) is 7. The number of carbonyl (C=O) groups is 2. The number of aromatic nitrogens is 1. The standard InChI is InChI=1S/C27H25FN2O5S/c1-15(2)14-35-26(33)22-16(3)29-27-30(23(22)18-7-9-19(10-8-18)25(32)34-4)24(31)21(36-27)13-17-5-11-20(28)12-6-17/h5-13,15,23H,14H2,1-4H3. The van der Waals surface area contributed by atoms with Crippen LogP contribution in [0.4, 0.5) is 4.39 Å². The van der Waals surface area contributed by atoms with Crippen molar-refractivity contribution >= 4 is 29.4 Å². The van der Waals surface area contributed by atoms with E-state index in [9.17, 15) is 18.8 Å². The Balaban J connectivity index is 1.88. The third kappa shape index (κ3) is 5.06. The van der Waals surface area contributed by atoms with E-state index in [1.807, 2.05) is 13.8 Å². The van der Waals surface area contributed by atoms with Gasteiger partial charge in [0.25, 0.3) is 5.56 Å². The monoisotopic (exact) mass is 508 g/mol. The first-order chi connectivity index (χ1) is 17.2. The molecule has 0 fully saturated rings. The molecule has 2 heterocycles. The molecule has 0 aliphatic carbocycles. The smallest absolute Gasteiger partial charge is 0.338 e. The van der Waals surface area contributed by atoms with E-state index in [4.69, 9.17) is 9.47 Å². The molecular weight excluding hydrogens is 483 g/mol. The second kappa shape index (κ2) is 10.4. The van der Waals surface area contributed by atoms with Crippen molar-refractivity contribution in [3.05, 3.63) is 102 Å². The molecule has 2 aromatic carbocycles. The topological polar surface area (TPSA) is 87.0 Å². The molecule has 36 heavy (non-hydrogen) atoms. The summed E-state index contributed by atoms with van der Waals surface area (Å²) in [7, 11) is 1.30. The molecule has 0 bridgehead atoms. The van der Waals surface area contributed by atoms with E-state index in [0.717, 1.165) is 0 Å². The van der Waals surface area contributed by atoms with Crippen LogP contribution in [-0.4, -0.2) is 30.2 Å². The Hall–Kier alpha value is -3.85. The Morgan fingerprint density at radius 1 is 1.11 bits per heavy atom. The van der Waals surface area contributed by atoms with Gasteiger partial charge in [-0.3, -0.25) is 9.36 Å². The van der Waals surface area contributed by atoms with Crippen LogP contribution in [0.3, 0.4) is 0 Å². The highest BCUT2D eigenvalue weighted by molar-refractivity contribution is 7.07. The normalized spacial score (nSPS) is 15.5. The van der Waals surface area contributed by atoms with E-state index < -0.39 is 18.0 Å². The first-order valence-corrected chi connectivity index (χ1v) is 12.1. The maximum atomic E-state index is 13.6. The zero-order valence-corrected chi connectivity index (χ0v) is 21.1. The largest absolute Gasteiger partial charge is 0.465 e. The van der Waals surface area contributed by atoms with Gasteiger partial charge >= 0.3 is 11.9 Å². The SMILES string of the molecule is COC(=O)c1ccc(C2C(C(=O)OCC(C)C)=C(C)N=c3sc(=Cc4ccc(F)cc4)c(=O)n32)cc1. The van der Waals surface area contributed by atoms with Crippen LogP contribution in [0.15, 0.2) is 69.6 Å². The van der Waals surface area contributed by atoms with Gasteiger partial charge in [-0.15, -0.1) is 0 Å². The average molecular weight is 509 g/mol. The Morgan fingerprint density at radius 2 is 1.78 bits per heavy atom. The van der Waals surface area contributed by atoms with Gasteiger partial charge in [0, 0.05) is 0 Å². The number of benzene rings is 2. The van der Waals surface area contributed by atoms with Crippen molar-refractivity contribution in [1.29, 1.82) is 0 Å². The summed E-state index contributed by atoms with van der Waals surface area (Å²) in [4.78, 5) is 43.7. The number of hydrogen-bond donors (Lipinski definition) is 0. The average Bonchev–Trinajstić information content (AvgIpc) is 3.16. The minimum Gasteiger partial charge on any atom is -0.465 e. The van der Waals surface area contributed by atoms with E-state index in [1.54, 1.807) is 49.4 Å². The highest BCUT2D eigenvalue weighted by Gasteiger charge is 2.33. The minimum absolute atomic E-state index is 0.129. The molecule has 3 aromatic rings. The van der Waals surface area contributed by atoms with Gasteiger partial charge in [-0.05, 0) is 54.3 Å². The molecule has 186 valence electrons. The van der Waals surface area contributed by atoms with Gasteiger partial charge in [0.2, 0.25) is 0 Å². The summed E-state index contributed by atoms with van der Waals surface area (Å²) in [5, 5.41) is 0. The lowest BCUT2D eigenvalue weighted by Gasteiger charge is -2.25. The molecule has 0 spiro atoms. The molecule has 0 N–H and O–H groups in total. The number of rotatable bonds is 6. The summed E-state index contributed by atoms with van der Waals surface area (Å²) in [6, 6.07) is 11.5. The first-order valence-electron chi connectivity index (χ1n) is 11.3. The van der Waals surface area contributed by atoms with E-state index in [0.29, 0.717) is 31.7 Å². The van der Waals surface area contributed by atoms with Crippen LogP contribution in [0.2, 0.25) is 0 Å². The van der Waals surface area contributed by atoms with E-state index in [-0.39, 0.29) is 29.5 Å². The van der Waals surface area contributed by atoms with Gasteiger partial charge in [0.1, 0.15) is 5.82 Å². The summed E-state index contributed by atoms with van der Waals surface area (Å²) in [5.74, 6) is -1.29. The van der Waals surface area contributed by atoms with Crippen LogP contribution in [0.25, 0.3) is 6.08 Å². The molecule has 1 aliphatic heterocycles. The van der Waals surface area contributed by atoms with Crippen molar-refractivity contribution in [2.24, 2.45) is 10.9 Å².